The molecular weight excluding hydrogens is 91.0 g/mol. The summed E-state index contributed by atoms with van der Waals surface area (Å²) in [6.45, 7) is 0.969. The van der Waals surface area contributed by atoms with E-state index in [0.29, 0.717) is 6.42 Å². The monoisotopic (exact) mass is 98.0 g/mol. The van der Waals surface area contributed by atoms with E-state index in [1.54, 1.807) is 0 Å². The molecule has 0 saturated carbocycles. The average molecular weight is 98.1 g/mol. The fourth-order valence-electron chi connectivity index (χ4n) is 0.0577. The Bertz CT molecular complexity index is 16.3. The van der Waals surface area contributed by atoms with Gasteiger partial charge in [0.25, 0.3) is 0 Å². The van der Waals surface area contributed by atoms with E-state index in [-0.39, 0.29) is 36.2 Å². The van der Waals surface area contributed by atoms with E-state index < -0.39 is 0 Å². The molecule has 0 heterocycles. The van der Waals surface area contributed by atoms with Gasteiger partial charge in [-0.1, -0.05) is 0 Å². The zero-order valence-electron chi connectivity index (χ0n) is 3.89. The summed E-state index contributed by atoms with van der Waals surface area (Å²) in [4.78, 5) is 0. The minimum absolute atomic E-state index is 0. The summed E-state index contributed by atoms with van der Waals surface area (Å²) in [5.41, 5.74) is 0. The van der Waals surface area contributed by atoms with Crippen molar-refractivity contribution in [3.05, 3.63) is 6.61 Å². The fraction of sp³-hybridized carbons (Fsp3) is 0.667. The molecule has 3 heteroatoms. The molecule has 0 aliphatic rings. The predicted molar refractivity (Wildman–Crippen MR) is 17.9 cm³/mol. The molecule has 0 saturated heterocycles. The zero-order chi connectivity index (χ0) is 4.12. The predicted octanol–water partition coefficient (Wildman–Crippen LogP) is -3.09. The van der Waals surface area contributed by atoms with Gasteiger partial charge < -0.3 is 10.2 Å². The Hall–Kier alpha value is 0.920. The summed E-state index contributed by atoms with van der Waals surface area (Å²) >= 11 is 0. The third-order valence-electron chi connectivity index (χ3n) is 0.258. The van der Waals surface area contributed by atoms with Crippen LogP contribution in [0.15, 0.2) is 0 Å². The summed E-state index contributed by atoms with van der Waals surface area (Å²) in [5, 5.41) is 15.7. The molecule has 0 unspecified atom stereocenters. The van der Waals surface area contributed by atoms with Crippen LogP contribution < -0.4 is 29.6 Å². The Balaban J connectivity index is 0. The normalized spacial score (nSPS) is 7.00. The Morgan fingerprint density at radius 2 is 2.00 bits per heavy atom. The van der Waals surface area contributed by atoms with Gasteiger partial charge >= 0.3 is 29.6 Å². The first-order valence-electron chi connectivity index (χ1n) is 1.48. The third kappa shape index (κ3) is 8.87. The maximum absolute atomic E-state index is 7.88. The van der Waals surface area contributed by atoms with Crippen LogP contribution in [0.1, 0.15) is 6.42 Å². The maximum atomic E-state index is 7.88. The van der Waals surface area contributed by atoms with Crippen LogP contribution in [0.2, 0.25) is 0 Å². The zero-order valence-corrected chi connectivity index (χ0v) is 5.89. The second-order valence-corrected chi connectivity index (χ2v) is 0.695. The first-order chi connectivity index (χ1) is 2.41. The van der Waals surface area contributed by atoms with E-state index in [4.69, 9.17) is 10.2 Å². The van der Waals surface area contributed by atoms with Crippen molar-refractivity contribution in [2.45, 2.75) is 6.42 Å². The van der Waals surface area contributed by atoms with Crippen molar-refractivity contribution in [2.24, 2.45) is 0 Å². The summed E-state index contributed by atoms with van der Waals surface area (Å²) in [5.74, 6) is 0. The van der Waals surface area contributed by atoms with E-state index in [2.05, 4.69) is 0 Å². The van der Waals surface area contributed by atoms with Crippen LogP contribution in [0, 0.1) is 6.61 Å². The van der Waals surface area contributed by atoms with E-state index in [1.807, 2.05) is 0 Å². The van der Waals surface area contributed by atoms with Crippen molar-refractivity contribution < 1.29 is 39.8 Å². The molecule has 0 aliphatic heterocycles. The second-order valence-electron chi connectivity index (χ2n) is 0.695. The van der Waals surface area contributed by atoms with Crippen LogP contribution in [0.5, 0.6) is 0 Å². The summed E-state index contributed by atoms with van der Waals surface area (Å²) in [7, 11) is 0. The number of aliphatic hydroxyl groups is 2. The van der Waals surface area contributed by atoms with Gasteiger partial charge in [-0.3, -0.25) is 0 Å². The first kappa shape index (κ1) is 10.0. The Kier molecular flexibility index (Phi) is 15.6. The van der Waals surface area contributed by atoms with Crippen molar-refractivity contribution >= 4 is 0 Å². The van der Waals surface area contributed by atoms with Gasteiger partial charge in [0.2, 0.25) is 0 Å². The minimum Gasteiger partial charge on any atom is -0.566 e. The van der Waals surface area contributed by atoms with Gasteiger partial charge in [-0.25, -0.2) is 6.61 Å². The van der Waals surface area contributed by atoms with Gasteiger partial charge in [-0.2, -0.15) is 0 Å². The average Bonchev–Trinajstić information content (AvgIpc) is 1.41. The molecule has 32 valence electrons. The molecule has 0 aromatic carbocycles. The molecule has 0 radical (unpaired) electrons. The van der Waals surface area contributed by atoms with Gasteiger partial charge in [0.05, 0.1) is 0 Å². The molecule has 0 rings (SSSR count). The number of aliphatic hydroxyl groups excluding tert-OH is 2. The second kappa shape index (κ2) is 9.33. The summed E-state index contributed by atoms with van der Waals surface area (Å²) in [6.07, 6.45) is 0.375. The standard InChI is InChI=1S/C3H7O2.Na/c4-2-1-3-5;/h2,4-5H,1,3H2;/q-1;+1. The van der Waals surface area contributed by atoms with Crippen molar-refractivity contribution in [2.75, 3.05) is 6.61 Å². The molecule has 0 aromatic heterocycles. The largest absolute Gasteiger partial charge is 1.00 e. The van der Waals surface area contributed by atoms with Crippen molar-refractivity contribution in [3.63, 3.8) is 0 Å². The van der Waals surface area contributed by atoms with E-state index in [0.717, 1.165) is 6.61 Å². The van der Waals surface area contributed by atoms with E-state index in [9.17, 15) is 0 Å². The van der Waals surface area contributed by atoms with Gasteiger partial charge in [-0.15, -0.1) is 6.42 Å². The van der Waals surface area contributed by atoms with Gasteiger partial charge in [0.1, 0.15) is 0 Å². The molecule has 0 atom stereocenters. The summed E-state index contributed by atoms with van der Waals surface area (Å²) < 4.78 is 0. The van der Waals surface area contributed by atoms with Crippen molar-refractivity contribution in [1.29, 1.82) is 0 Å². The van der Waals surface area contributed by atoms with E-state index >= 15 is 0 Å². The molecule has 0 aromatic rings. The quantitative estimate of drug-likeness (QED) is 0.284. The van der Waals surface area contributed by atoms with Crippen LogP contribution in [0.3, 0.4) is 0 Å². The Labute approximate surface area is 59.5 Å². The van der Waals surface area contributed by atoms with Gasteiger partial charge in [0.15, 0.2) is 0 Å². The summed E-state index contributed by atoms with van der Waals surface area (Å²) in [6, 6.07) is 0. The van der Waals surface area contributed by atoms with Gasteiger partial charge in [-0.05, 0) is 0 Å². The van der Waals surface area contributed by atoms with Gasteiger partial charge in [0, 0.05) is 6.61 Å². The van der Waals surface area contributed by atoms with Crippen molar-refractivity contribution in [1.82, 2.24) is 0 Å². The van der Waals surface area contributed by atoms with E-state index in [1.165, 1.54) is 0 Å². The van der Waals surface area contributed by atoms with Crippen LogP contribution in [-0.2, 0) is 0 Å². The molecule has 0 amide bonds. The molecule has 2 nitrogen and oxygen atoms in total. The number of hydrogen-bond donors (Lipinski definition) is 2. The molecule has 0 spiro atoms. The maximum Gasteiger partial charge on any atom is 1.00 e. The fourth-order valence-corrected chi connectivity index (χ4v) is 0.0577. The van der Waals surface area contributed by atoms with Crippen LogP contribution >= 0.6 is 0 Å². The molecule has 0 aliphatic carbocycles. The Morgan fingerprint density at radius 1 is 1.50 bits per heavy atom. The van der Waals surface area contributed by atoms with Crippen LogP contribution in [0.25, 0.3) is 0 Å². The number of hydrogen-bond acceptors (Lipinski definition) is 2. The minimum atomic E-state index is 0. The van der Waals surface area contributed by atoms with Crippen molar-refractivity contribution in [3.8, 4) is 0 Å². The smallest absolute Gasteiger partial charge is 0.566 e. The molecule has 6 heavy (non-hydrogen) atoms. The molecule has 0 fully saturated rings. The van der Waals surface area contributed by atoms with Crippen LogP contribution in [-0.4, -0.2) is 16.8 Å². The molecular formula is C3H7NaO2. The van der Waals surface area contributed by atoms with Crippen LogP contribution in [0.4, 0.5) is 0 Å². The first-order valence-corrected chi connectivity index (χ1v) is 1.48. The SMILES string of the molecule is O[CH-]CCO.[Na+]. The third-order valence-corrected chi connectivity index (χ3v) is 0.258. The topological polar surface area (TPSA) is 40.5 Å². The molecule has 0 bridgehead atoms. The number of rotatable bonds is 2. The molecule has 2 N–H and O–H groups in total. The Morgan fingerprint density at radius 3 is 2.00 bits per heavy atom.